The number of hydrogen-bond acceptors (Lipinski definition) is 4. The molecule has 1 aromatic carbocycles. The first-order valence-corrected chi connectivity index (χ1v) is 7.49. The lowest BCUT2D eigenvalue weighted by Gasteiger charge is -2.08. The molecule has 0 aliphatic carbocycles. The van der Waals surface area contributed by atoms with Gasteiger partial charge in [0.1, 0.15) is 5.69 Å². The average Bonchev–Trinajstić information content (AvgIpc) is 2.95. The summed E-state index contributed by atoms with van der Waals surface area (Å²) >= 11 is 13.5. The number of nitrogens with zero attached hydrogens (tertiary/aromatic N) is 2. The topological polar surface area (TPSA) is 38.6 Å². The summed E-state index contributed by atoms with van der Waals surface area (Å²) < 4.78 is 7.31. The average molecular weight is 328 g/mol. The van der Waals surface area contributed by atoms with Gasteiger partial charge in [-0.1, -0.05) is 23.2 Å². The van der Waals surface area contributed by atoms with Gasteiger partial charge in [-0.05, 0) is 18.2 Å². The first-order chi connectivity index (χ1) is 9.67. The molecule has 1 N–H and O–H groups in total. The van der Waals surface area contributed by atoms with Crippen molar-refractivity contribution < 1.29 is 4.74 Å². The molecule has 0 amide bonds. The lowest BCUT2D eigenvalue weighted by atomic mass is 10.3. The third-order valence-electron chi connectivity index (χ3n) is 2.84. The number of rotatable bonds is 4. The van der Waals surface area contributed by atoms with Crippen molar-refractivity contribution in [2.24, 2.45) is 0 Å². The minimum absolute atomic E-state index is 0.567. The van der Waals surface area contributed by atoms with Crippen LogP contribution in [0.25, 0.3) is 4.96 Å². The van der Waals surface area contributed by atoms with Crippen molar-refractivity contribution in [3.63, 3.8) is 0 Å². The highest BCUT2D eigenvalue weighted by atomic mass is 35.5. The number of methoxy groups -OCH3 is 1. The Labute approximate surface area is 129 Å². The predicted octanol–water partition coefficient (Wildman–Crippen LogP) is 4.32. The van der Waals surface area contributed by atoms with Crippen LogP contribution in [0.15, 0.2) is 29.8 Å². The molecule has 0 bridgehead atoms. The van der Waals surface area contributed by atoms with Gasteiger partial charge in [-0.25, -0.2) is 0 Å². The lowest BCUT2D eigenvalue weighted by Crippen LogP contribution is -2.03. The van der Waals surface area contributed by atoms with E-state index < -0.39 is 0 Å². The largest absolute Gasteiger partial charge is 0.480 e. The first kappa shape index (κ1) is 13.5. The Bertz CT molecular complexity index is 733. The molecule has 2 aromatic heterocycles. The number of aromatic nitrogens is 2. The normalized spacial score (nSPS) is 10.9. The number of thiazole rings is 1. The first-order valence-electron chi connectivity index (χ1n) is 5.86. The number of nitrogens with one attached hydrogen (secondary N) is 1. The van der Waals surface area contributed by atoms with E-state index in [9.17, 15) is 0 Å². The van der Waals surface area contributed by atoms with E-state index in [4.69, 9.17) is 27.9 Å². The molecule has 0 atom stereocenters. The summed E-state index contributed by atoms with van der Waals surface area (Å²) in [7, 11) is 1.62. The highest BCUT2D eigenvalue weighted by Crippen LogP contribution is 2.26. The fraction of sp³-hybridized carbons (Fsp3) is 0.154. The van der Waals surface area contributed by atoms with E-state index in [0.29, 0.717) is 22.5 Å². The number of hydrogen-bond donors (Lipinski definition) is 1. The number of benzene rings is 1. The van der Waals surface area contributed by atoms with E-state index in [-0.39, 0.29) is 0 Å². The Balaban J connectivity index is 1.87. The van der Waals surface area contributed by atoms with Gasteiger partial charge in [-0.2, -0.15) is 4.98 Å². The van der Waals surface area contributed by atoms with E-state index in [0.717, 1.165) is 16.3 Å². The SMILES string of the molecule is COc1nc2sccn2c1CNc1cc(Cl)cc(Cl)c1. The van der Waals surface area contributed by atoms with Crippen LogP contribution in [0.2, 0.25) is 10.0 Å². The second-order valence-corrected chi connectivity index (χ2v) is 5.88. The molecule has 104 valence electrons. The molecule has 0 radical (unpaired) electrons. The second-order valence-electron chi connectivity index (χ2n) is 4.14. The van der Waals surface area contributed by atoms with Crippen LogP contribution < -0.4 is 10.1 Å². The van der Waals surface area contributed by atoms with E-state index in [2.05, 4.69) is 10.3 Å². The van der Waals surface area contributed by atoms with Crippen molar-refractivity contribution in [3.05, 3.63) is 45.5 Å². The van der Waals surface area contributed by atoms with Gasteiger partial charge in [-0.3, -0.25) is 4.40 Å². The number of ether oxygens (including phenoxy) is 1. The summed E-state index contributed by atoms with van der Waals surface area (Å²) in [5.41, 5.74) is 1.81. The molecule has 0 aliphatic heterocycles. The molecule has 0 spiro atoms. The van der Waals surface area contributed by atoms with Gasteiger partial charge in [-0.15, -0.1) is 11.3 Å². The van der Waals surface area contributed by atoms with E-state index >= 15 is 0 Å². The smallest absolute Gasteiger partial charge is 0.238 e. The van der Waals surface area contributed by atoms with Crippen LogP contribution in [0.4, 0.5) is 5.69 Å². The summed E-state index contributed by atoms with van der Waals surface area (Å²) in [5.74, 6) is 0.623. The van der Waals surface area contributed by atoms with Crippen molar-refractivity contribution in [1.29, 1.82) is 0 Å². The van der Waals surface area contributed by atoms with Gasteiger partial charge in [0.15, 0.2) is 4.96 Å². The fourth-order valence-electron chi connectivity index (χ4n) is 1.98. The maximum absolute atomic E-state index is 5.98. The number of anilines is 1. The van der Waals surface area contributed by atoms with E-state index in [1.165, 1.54) is 0 Å². The van der Waals surface area contributed by atoms with Crippen LogP contribution in [-0.2, 0) is 6.54 Å². The zero-order valence-electron chi connectivity index (χ0n) is 10.6. The molecule has 0 aliphatic rings. The van der Waals surface area contributed by atoms with Crippen LogP contribution in [-0.4, -0.2) is 16.5 Å². The van der Waals surface area contributed by atoms with Crippen LogP contribution in [0.5, 0.6) is 5.88 Å². The Kier molecular flexibility index (Phi) is 3.74. The van der Waals surface area contributed by atoms with Gasteiger partial charge < -0.3 is 10.1 Å². The second kappa shape index (κ2) is 5.52. The molecular weight excluding hydrogens is 317 g/mol. The number of fused-ring (bicyclic) bond motifs is 1. The molecule has 20 heavy (non-hydrogen) atoms. The van der Waals surface area contributed by atoms with Crippen molar-refractivity contribution in [3.8, 4) is 5.88 Å². The van der Waals surface area contributed by atoms with Crippen molar-refractivity contribution in [2.45, 2.75) is 6.54 Å². The minimum Gasteiger partial charge on any atom is -0.480 e. The maximum atomic E-state index is 5.98. The van der Waals surface area contributed by atoms with E-state index in [1.807, 2.05) is 28.1 Å². The Morgan fingerprint density at radius 3 is 2.75 bits per heavy atom. The zero-order chi connectivity index (χ0) is 14.1. The predicted molar refractivity (Wildman–Crippen MR) is 83.4 cm³/mol. The fourth-order valence-corrected chi connectivity index (χ4v) is 3.23. The molecule has 0 saturated carbocycles. The molecule has 3 rings (SSSR count). The van der Waals surface area contributed by atoms with Crippen molar-refractivity contribution in [1.82, 2.24) is 9.38 Å². The molecule has 2 heterocycles. The Morgan fingerprint density at radius 2 is 2.05 bits per heavy atom. The molecule has 0 unspecified atom stereocenters. The molecule has 4 nitrogen and oxygen atoms in total. The summed E-state index contributed by atoms with van der Waals surface area (Å²) in [6, 6.07) is 5.35. The standard InChI is InChI=1S/C13H11Cl2N3OS/c1-19-12-11(18-2-3-20-13(18)17-12)7-16-10-5-8(14)4-9(15)6-10/h2-6,16H,7H2,1H3. The molecule has 7 heteroatoms. The van der Waals surface area contributed by atoms with Gasteiger partial charge in [0, 0.05) is 27.3 Å². The third kappa shape index (κ3) is 2.57. The van der Waals surface area contributed by atoms with Gasteiger partial charge in [0.2, 0.25) is 5.88 Å². The monoisotopic (exact) mass is 327 g/mol. The van der Waals surface area contributed by atoms with Crippen LogP contribution in [0.3, 0.4) is 0 Å². The summed E-state index contributed by atoms with van der Waals surface area (Å²) in [4.78, 5) is 5.31. The number of imidazole rings is 1. The van der Waals surface area contributed by atoms with Gasteiger partial charge >= 0.3 is 0 Å². The van der Waals surface area contributed by atoms with Crippen molar-refractivity contribution >= 4 is 45.2 Å². The van der Waals surface area contributed by atoms with Gasteiger partial charge in [0.25, 0.3) is 0 Å². The van der Waals surface area contributed by atoms with Crippen molar-refractivity contribution in [2.75, 3.05) is 12.4 Å². The lowest BCUT2D eigenvalue weighted by molar-refractivity contribution is 0.395. The molecule has 0 fully saturated rings. The maximum Gasteiger partial charge on any atom is 0.238 e. The minimum atomic E-state index is 0.567. The third-order valence-corrected chi connectivity index (χ3v) is 4.03. The van der Waals surface area contributed by atoms with Gasteiger partial charge in [0.05, 0.1) is 13.7 Å². The van der Waals surface area contributed by atoms with Crippen LogP contribution in [0, 0.1) is 0 Å². The summed E-state index contributed by atoms with van der Waals surface area (Å²) in [6.07, 6.45) is 1.97. The zero-order valence-corrected chi connectivity index (χ0v) is 12.9. The Hall–Kier alpha value is -1.43. The summed E-state index contributed by atoms with van der Waals surface area (Å²) in [6.45, 7) is 0.567. The molecule has 3 aromatic rings. The quantitative estimate of drug-likeness (QED) is 0.775. The molecule has 0 saturated heterocycles. The Morgan fingerprint density at radius 1 is 1.30 bits per heavy atom. The number of halogens is 2. The highest BCUT2D eigenvalue weighted by molar-refractivity contribution is 7.15. The molecular formula is C13H11Cl2N3OS. The van der Waals surface area contributed by atoms with Crippen LogP contribution in [0.1, 0.15) is 5.69 Å². The van der Waals surface area contributed by atoms with Crippen LogP contribution >= 0.6 is 34.5 Å². The highest BCUT2D eigenvalue weighted by Gasteiger charge is 2.13. The summed E-state index contributed by atoms with van der Waals surface area (Å²) in [5, 5.41) is 6.46. The van der Waals surface area contributed by atoms with E-state index in [1.54, 1.807) is 24.5 Å².